The number of aryl methyl sites for hydroxylation is 5. The van der Waals surface area contributed by atoms with E-state index < -0.39 is 0 Å². The Bertz CT molecular complexity index is 1380. The third kappa shape index (κ3) is 3.93. The second-order valence-electron chi connectivity index (χ2n) is 8.22. The SMILES string of the molecule is Cc1ccc(-n2nc(C)c3nc(CCC(=O)Nc4cccc(C)c4C)c(=O)n(C)c32)cc1. The molecule has 2 aromatic heterocycles. The molecule has 164 valence electrons. The van der Waals surface area contributed by atoms with Crippen molar-refractivity contribution in [1.29, 1.82) is 0 Å². The number of nitrogens with zero attached hydrogens (tertiary/aromatic N) is 4. The van der Waals surface area contributed by atoms with Crippen molar-refractivity contribution in [2.24, 2.45) is 7.05 Å². The molecule has 4 rings (SSSR count). The van der Waals surface area contributed by atoms with Crippen molar-refractivity contribution in [3.63, 3.8) is 0 Å². The number of carbonyl (C=O) groups excluding carboxylic acids is 1. The molecule has 1 N–H and O–H groups in total. The van der Waals surface area contributed by atoms with E-state index in [9.17, 15) is 9.59 Å². The van der Waals surface area contributed by atoms with Crippen LogP contribution in [0.5, 0.6) is 0 Å². The summed E-state index contributed by atoms with van der Waals surface area (Å²) < 4.78 is 3.32. The smallest absolute Gasteiger partial charge is 0.273 e. The summed E-state index contributed by atoms with van der Waals surface area (Å²) in [5, 5.41) is 7.56. The largest absolute Gasteiger partial charge is 0.326 e. The van der Waals surface area contributed by atoms with Crippen LogP contribution < -0.4 is 10.9 Å². The molecular weight excluding hydrogens is 402 g/mol. The van der Waals surface area contributed by atoms with Crippen LogP contribution in [0.1, 0.15) is 34.5 Å². The van der Waals surface area contributed by atoms with Crippen molar-refractivity contribution in [2.45, 2.75) is 40.5 Å². The molecule has 0 spiro atoms. The molecule has 0 saturated carbocycles. The van der Waals surface area contributed by atoms with E-state index in [1.54, 1.807) is 16.3 Å². The molecule has 0 aliphatic carbocycles. The average molecular weight is 430 g/mol. The standard InChI is InChI=1S/C25H27N5O2/c1-15-9-11-19(12-10-15)30-24-23(18(4)28-30)27-21(25(32)29(24)5)13-14-22(31)26-20-8-6-7-16(2)17(20)3/h6-12H,13-14H2,1-5H3,(H,26,31). The highest BCUT2D eigenvalue weighted by atomic mass is 16.1. The van der Waals surface area contributed by atoms with Gasteiger partial charge in [-0.05, 0) is 57.0 Å². The first kappa shape index (κ1) is 21.5. The first-order chi connectivity index (χ1) is 15.3. The Kier molecular flexibility index (Phi) is 5.65. The number of fused-ring (bicyclic) bond motifs is 1. The molecule has 0 saturated heterocycles. The monoisotopic (exact) mass is 429 g/mol. The number of rotatable bonds is 5. The fourth-order valence-corrected chi connectivity index (χ4v) is 3.77. The molecule has 0 fully saturated rings. The summed E-state index contributed by atoms with van der Waals surface area (Å²) in [4.78, 5) is 30.2. The van der Waals surface area contributed by atoms with Crippen LogP contribution in [0.3, 0.4) is 0 Å². The first-order valence-corrected chi connectivity index (χ1v) is 10.6. The molecule has 0 aliphatic heterocycles. The zero-order chi connectivity index (χ0) is 23.0. The maximum Gasteiger partial charge on any atom is 0.273 e. The number of aromatic nitrogens is 4. The Balaban J connectivity index is 1.62. The van der Waals surface area contributed by atoms with Gasteiger partial charge in [0.05, 0.1) is 11.4 Å². The van der Waals surface area contributed by atoms with Crippen molar-refractivity contribution in [2.75, 3.05) is 5.32 Å². The van der Waals surface area contributed by atoms with Gasteiger partial charge >= 0.3 is 0 Å². The Morgan fingerprint density at radius 3 is 2.47 bits per heavy atom. The quantitative estimate of drug-likeness (QED) is 0.521. The van der Waals surface area contributed by atoms with Gasteiger partial charge in [-0.25, -0.2) is 9.67 Å². The first-order valence-electron chi connectivity index (χ1n) is 10.6. The zero-order valence-electron chi connectivity index (χ0n) is 19.1. The van der Waals surface area contributed by atoms with E-state index in [2.05, 4.69) is 15.4 Å². The van der Waals surface area contributed by atoms with Gasteiger partial charge in [0.25, 0.3) is 5.56 Å². The number of hydrogen-bond acceptors (Lipinski definition) is 4. The van der Waals surface area contributed by atoms with Crippen LogP contribution in [0.4, 0.5) is 5.69 Å². The van der Waals surface area contributed by atoms with Crippen molar-refractivity contribution in [1.82, 2.24) is 19.3 Å². The van der Waals surface area contributed by atoms with Crippen LogP contribution in [-0.2, 0) is 18.3 Å². The minimum atomic E-state index is -0.217. The van der Waals surface area contributed by atoms with Gasteiger partial charge in [-0.15, -0.1) is 0 Å². The van der Waals surface area contributed by atoms with E-state index in [4.69, 9.17) is 0 Å². The van der Waals surface area contributed by atoms with Gasteiger partial charge in [-0.2, -0.15) is 5.10 Å². The van der Waals surface area contributed by atoms with Gasteiger partial charge in [-0.1, -0.05) is 29.8 Å². The van der Waals surface area contributed by atoms with Gasteiger partial charge in [0, 0.05) is 25.6 Å². The summed E-state index contributed by atoms with van der Waals surface area (Å²) in [7, 11) is 1.72. The van der Waals surface area contributed by atoms with Crippen molar-refractivity contribution >= 4 is 22.8 Å². The summed E-state index contributed by atoms with van der Waals surface area (Å²) in [5.41, 5.74) is 7.14. The third-order valence-electron chi connectivity index (χ3n) is 5.87. The second kappa shape index (κ2) is 8.42. The molecule has 0 bridgehead atoms. The number of nitrogens with one attached hydrogen (secondary N) is 1. The molecule has 2 heterocycles. The van der Waals surface area contributed by atoms with Gasteiger partial charge < -0.3 is 5.32 Å². The normalized spacial score (nSPS) is 11.2. The van der Waals surface area contributed by atoms with Gasteiger partial charge in [0.1, 0.15) is 11.2 Å². The molecule has 0 atom stereocenters. The fraction of sp³-hybridized carbons (Fsp3) is 0.280. The predicted octanol–water partition coefficient (Wildman–Crippen LogP) is 3.92. The number of benzene rings is 2. The number of hydrogen-bond donors (Lipinski definition) is 1. The molecule has 2 aromatic carbocycles. The zero-order valence-corrected chi connectivity index (χ0v) is 19.1. The van der Waals surface area contributed by atoms with Crippen molar-refractivity contribution in [3.8, 4) is 5.69 Å². The Morgan fingerprint density at radius 2 is 1.75 bits per heavy atom. The van der Waals surface area contributed by atoms with Crippen molar-refractivity contribution in [3.05, 3.63) is 80.9 Å². The number of anilines is 1. The number of amides is 1. The lowest BCUT2D eigenvalue weighted by molar-refractivity contribution is -0.116. The lowest BCUT2D eigenvalue weighted by Crippen LogP contribution is -2.25. The molecule has 4 aromatic rings. The molecule has 32 heavy (non-hydrogen) atoms. The van der Waals surface area contributed by atoms with Crippen LogP contribution in [0.15, 0.2) is 47.3 Å². The summed E-state index contributed by atoms with van der Waals surface area (Å²) >= 11 is 0. The molecule has 7 nitrogen and oxygen atoms in total. The molecule has 0 aliphatic rings. The van der Waals surface area contributed by atoms with Crippen LogP contribution in [-0.4, -0.2) is 25.2 Å². The highest BCUT2D eigenvalue weighted by Gasteiger charge is 2.18. The summed E-state index contributed by atoms with van der Waals surface area (Å²) in [5.74, 6) is -0.144. The van der Waals surface area contributed by atoms with E-state index in [1.165, 1.54) is 0 Å². The summed E-state index contributed by atoms with van der Waals surface area (Å²) in [6.07, 6.45) is 0.431. The van der Waals surface area contributed by atoms with Crippen LogP contribution >= 0.6 is 0 Å². The average Bonchev–Trinajstić information content (AvgIpc) is 3.10. The van der Waals surface area contributed by atoms with Crippen LogP contribution in [0, 0.1) is 27.7 Å². The second-order valence-corrected chi connectivity index (χ2v) is 8.22. The summed E-state index contributed by atoms with van der Waals surface area (Å²) in [6.45, 7) is 7.88. The molecular formula is C25H27N5O2. The van der Waals surface area contributed by atoms with E-state index in [1.807, 2.05) is 70.2 Å². The minimum Gasteiger partial charge on any atom is -0.326 e. The summed E-state index contributed by atoms with van der Waals surface area (Å²) in [6, 6.07) is 13.8. The fourth-order valence-electron chi connectivity index (χ4n) is 3.77. The van der Waals surface area contributed by atoms with E-state index in [-0.39, 0.29) is 24.3 Å². The topological polar surface area (TPSA) is 81.8 Å². The molecule has 0 unspecified atom stereocenters. The van der Waals surface area contributed by atoms with E-state index in [0.717, 1.165) is 33.8 Å². The molecule has 7 heteroatoms. The number of carbonyl (C=O) groups is 1. The molecule has 0 radical (unpaired) electrons. The Hall–Kier alpha value is -3.74. The highest BCUT2D eigenvalue weighted by Crippen LogP contribution is 2.21. The maximum absolute atomic E-state index is 13.0. The molecule has 1 amide bonds. The highest BCUT2D eigenvalue weighted by molar-refractivity contribution is 5.91. The third-order valence-corrected chi connectivity index (χ3v) is 5.87. The Labute approximate surface area is 186 Å². The van der Waals surface area contributed by atoms with Gasteiger partial charge in [0.2, 0.25) is 5.91 Å². The lowest BCUT2D eigenvalue weighted by atomic mass is 10.1. The van der Waals surface area contributed by atoms with E-state index in [0.29, 0.717) is 16.9 Å². The van der Waals surface area contributed by atoms with Gasteiger partial charge in [-0.3, -0.25) is 14.2 Å². The Morgan fingerprint density at radius 1 is 1.03 bits per heavy atom. The minimum absolute atomic E-state index is 0.144. The van der Waals surface area contributed by atoms with Crippen molar-refractivity contribution < 1.29 is 4.79 Å². The predicted molar refractivity (Wildman–Crippen MR) is 126 cm³/mol. The lowest BCUT2D eigenvalue weighted by Gasteiger charge is -2.11. The van der Waals surface area contributed by atoms with Crippen LogP contribution in [0.25, 0.3) is 16.9 Å². The van der Waals surface area contributed by atoms with E-state index >= 15 is 0 Å². The van der Waals surface area contributed by atoms with Crippen LogP contribution in [0.2, 0.25) is 0 Å². The maximum atomic E-state index is 13.0. The van der Waals surface area contributed by atoms with Gasteiger partial charge in [0.15, 0.2) is 5.65 Å².